The summed E-state index contributed by atoms with van der Waals surface area (Å²) in [5.74, 6) is 1.23. The van der Waals surface area contributed by atoms with Crippen LogP contribution in [0, 0.1) is 0 Å². The first-order valence-electron chi connectivity index (χ1n) is 5.64. The molecule has 1 aromatic heterocycles. The molecule has 1 heterocycles. The summed E-state index contributed by atoms with van der Waals surface area (Å²) < 4.78 is 8.82. The van der Waals surface area contributed by atoms with Gasteiger partial charge in [0.1, 0.15) is 6.61 Å². The molecule has 5 nitrogen and oxygen atoms in total. The summed E-state index contributed by atoms with van der Waals surface area (Å²) >= 11 is 6.95. The number of hydrogen-bond donors (Lipinski definition) is 1. The molecule has 0 amide bonds. The van der Waals surface area contributed by atoms with Crippen LogP contribution in [0.2, 0.25) is 0 Å². The minimum absolute atomic E-state index is 0.150. The molecule has 0 aliphatic rings. The maximum atomic E-state index is 9.32. The second-order valence-electron chi connectivity index (χ2n) is 3.87. The highest BCUT2D eigenvalue weighted by Gasteiger charge is 2.15. The third-order valence-corrected chi connectivity index (χ3v) is 3.84. The van der Waals surface area contributed by atoms with Gasteiger partial charge in [0, 0.05) is 28.2 Å². The van der Waals surface area contributed by atoms with Crippen molar-refractivity contribution in [3.8, 4) is 11.4 Å². The maximum Gasteiger partial charge on any atom is 0.165 e. The van der Waals surface area contributed by atoms with Crippen LogP contribution in [-0.4, -0.2) is 33.6 Å². The van der Waals surface area contributed by atoms with Crippen molar-refractivity contribution in [2.24, 2.45) is 0 Å². The summed E-state index contributed by atoms with van der Waals surface area (Å²) in [6, 6.07) is 5.84. The number of ether oxygens (including phenoxy) is 1. The van der Waals surface area contributed by atoms with Crippen molar-refractivity contribution in [3.05, 3.63) is 33.0 Å². The van der Waals surface area contributed by atoms with Gasteiger partial charge in [0.2, 0.25) is 0 Å². The first kappa shape index (κ1) is 14.6. The Morgan fingerprint density at radius 3 is 2.79 bits per heavy atom. The smallest absolute Gasteiger partial charge is 0.165 e. The van der Waals surface area contributed by atoms with Crippen molar-refractivity contribution >= 4 is 31.9 Å². The predicted molar refractivity (Wildman–Crippen MR) is 78.7 cm³/mol. The lowest BCUT2D eigenvalue weighted by atomic mass is 10.2. The lowest BCUT2D eigenvalue weighted by Gasteiger charge is -2.10. The second kappa shape index (κ2) is 6.60. The summed E-state index contributed by atoms with van der Waals surface area (Å²) in [7, 11) is 1.64. The quantitative estimate of drug-likeness (QED) is 0.852. The van der Waals surface area contributed by atoms with E-state index in [-0.39, 0.29) is 6.61 Å². The Morgan fingerprint density at radius 1 is 1.32 bits per heavy atom. The molecule has 19 heavy (non-hydrogen) atoms. The number of nitrogens with zero attached hydrogens (tertiary/aromatic N) is 3. The maximum absolute atomic E-state index is 9.32. The molecular weight excluding hydrogens is 378 g/mol. The highest BCUT2D eigenvalue weighted by molar-refractivity contribution is 9.11. The molecule has 102 valence electrons. The average molecular weight is 391 g/mol. The standard InChI is InChI=1S/C12H13Br2N3O2/c1-19-5-4-17-11(7-18)15-16-12(17)9-6-8(13)2-3-10(9)14/h2-3,6,18H,4-5,7H2,1H3. The van der Waals surface area contributed by atoms with Crippen LogP contribution in [0.5, 0.6) is 0 Å². The average Bonchev–Trinajstić information content (AvgIpc) is 2.81. The van der Waals surface area contributed by atoms with Crippen molar-refractivity contribution in [1.29, 1.82) is 0 Å². The Balaban J connectivity index is 2.49. The zero-order valence-electron chi connectivity index (χ0n) is 10.3. The van der Waals surface area contributed by atoms with E-state index in [2.05, 4.69) is 42.1 Å². The third-order valence-electron chi connectivity index (χ3n) is 2.66. The van der Waals surface area contributed by atoms with E-state index in [1.165, 1.54) is 0 Å². The van der Waals surface area contributed by atoms with E-state index < -0.39 is 0 Å². The van der Waals surface area contributed by atoms with Gasteiger partial charge in [-0.15, -0.1) is 10.2 Å². The molecule has 0 aliphatic heterocycles. The molecular formula is C12H13Br2N3O2. The number of methoxy groups -OCH3 is 1. The zero-order chi connectivity index (χ0) is 13.8. The van der Waals surface area contributed by atoms with E-state index in [0.717, 1.165) is 14.5 Å². The number of benzene rings is 1. The molecule has 2 aromatic rings. The molecule has 0 unspecified atom stereocenters. The molecule has 0 radical (unpaired) electrons. The van der Waals surface area contributed by atoms with Gasteiger partial charge in [-0.05, 0) is 18.2 Å². The van der Waals surface area contributed by atoms with Crippen LogP contribution < -0.4 is 0 Å². The fourth-order valence-corrected chi connectivity index (χ4v) is 2.52. The summed E-state index contributed by atoms with van der Waals surface area (Å²) in [5.41, 5.74) is 0.915. The van der Waals surface area contributed by atoms with Crippen LogP contribution in [0.1, 0.15) is 5.82 Å². The fraction of sp³-hybridized carbons (Fsp3) is 0.333. The van der Waals surface area contributed by atoms with E-state index in [1.807, 2.05) is 22.8 Å². The van der Waals surface area contributed by atoms with Crippen LogP contribution in [0.15, 0.2) is 27.1 Å². The van der Waals surface area contributed by atoms with Crippen LogP contribution in [0.25, 0.3) is 11.4 Å². The number of aliphatic hydroxyl groups is 1. The molecule has 0 aliphatic carbocycles. The van der Waals surface area contributed by atoms with Gasteiger partial charge in [-0.3, -0.25) is 0 Å². The molecule has 7 heteroatoms. The largest absolute Gasteiger partial charge is 0.388 e. The van der Waals surface area contributed by atoms with Crippen LogP contribution in [0.3, 0.4) is 0 Å². The molecule has 0 spiro atoms. The number of aliphatic hydroxyl groups excluding tert-OH is 1. The van der Waals surface area contributed by atoms with E-state index in [4.69, 9.17) is 4.74 Å². The minimum atomic E-state index is -0.150. The lowest BCUT2D eigenvalue weighted by molar-refractivity contribution is 0.183. The highest BCUT2D eigenvalue weighted by atomic mass is 79.9. The van der Waals surface area contributed by atoms with Gasteiger partial charge in [0.15, 0.2) is 11.6 Å². The van der Waals surface area contributed by atoms with Gasteiger partial charge in [-0.1, -0.05) is 31.9 Å². The van der Waals surface area contributed by atoms with E-state index in [1.54, 1.807) is 7.11 Å². The normalized spacial score (nSPS) is 10.9. The van der Waals surface area contributed by atoms with Gasteiger partial charge in [0.25, 0.3) is 0 Å². The van der Waals surface area contributed by atoms with Gasteiger partial charge in [0.05, 0.1) is 6.61 Å². The molecule has 0 fully saturated rings. The Hall–Kier alpha value is -0.760. The Kier molecular flexibility index (Phi) is 5.09. The number of aromatic nitrogens is 3. The van der Waals surface area contributed by atoms with Crippen LogP contribution in [-0.2, 0) is 17.9 Å². The zero-order valence-corrected chi connectivity index (χ0v) is 13.5. The molecule has 0 saturated heterocycles. The molecule has 1 aromatic carbocycles. The van der Waals surface area contributed by atoms with Gasteiger partial charge in [-0.2, -0.15) is 0 Å². The van der Waals surface area contributed by atoms with E-state index in [9.17, 15) is 5.11 Å². The van der Waals surface area contributed by atoms with Crippen molar-refractivity contribution in [2.45, 2.75) is 13.2 Å². The van der Waals surface area contributed by atoms with Crippen molar-refractivity contribution in [2.75, 3.05) is 13.7 Å². The second-order valence-corrected chi connectivity index (χ2v) is 5.64. The van der Waals surface area contributed by atoms with E-state index in [0.29, 0.717) is 24.8 Å². The first-order chi connectivity index (χ1) is 9.17. The highest BCUT2D eigenvalue weighted by Crippen LogP contribution is 2.30. The predicted octanol–water partition coefficient (Wildman–Crippen LogP) is 2.61. The summed E-state index contributed by atoms with van der Waals surface area (Å²) in [6.45, 7) is 0.972. The number of rotatable bonds is 5. The summed E-state index contributed by atoms with van der Waals surface area (Å²) in [5, 5.41) is 17.5. The summed E-state index contributed by atoms with van der Waals surface area (Å²) in [6.07, 6.45) is 0. The fourth-order valence-electron chi connectivity index (χ4n) is 1.74. The molecule has 0 atom stereocenters. The molecule has 0 saturated carbocycles. The van der Waals surface area contributed by atoms with Crippen molar-refractivity contribution in [3.63, 3.8) is 0 Å². The monoisotopic (exact) mass is 389 g/mol. The number of hydrogen-bond acceptors (Lipinski definition) is 4. The van der Waals surface area contributed by atoms with E-state index >= 15 is 0 Å². The lowest BCUT2D eigenvalue weighted by Crippen LogP contribution is -2.10. The Bertz CT molecular complexity index is 572. The van der Waals surface area contributed by atoms with Gasteiger partial charge < -0.3 is 14.4 Å². The topological polar surface area (TPSA) is 60.2 Å². The molecule has 1 N–H and O–H groups in total. The van der Waals surface area contributed by atoms with Crippen molar-refractivity contribution in [1.82, 2.24) is 14.8 Å². The Labute approximate surface area is 127 Å². The van der Waals surface area contributed by atoms with Crippen LogP contribution in [0.4, 0.5) is 0 Å². The van der Waals surface area contributed by atoms with Crippen LogP contribution >= 0.6 is 31.9 Å². The third kappa shape index (κ3) is 3.22. The SMILES string of the molecule is COCCn1c(CO)nnc1-c1cc(Br)ccc1Br. The first-order valence-corrected chi connectivity index (χ1v) is 7.23. The molecule has 2 rings (SSSR count). The van der Waals surface area contributed by atoms with Crippen molar-refractivity contribution < 1.29 is 9.84 Å². The summed E-state index contributed by atoms with van der Waals surface area (Å²) in [4.78, 5) is 0. The van der Waals surface area contributed by atoms with Gasteiger partial charge in [-0.25, -0.2) is 0 Å². The minimum Gasteiger partial charge on any atom is -0.388 e. The Morgan fingerprint density at radius 2 is 2.11 bits per heavy atom. The molecule has 0 bridgehead atoms. The van der Waals surface area contributed by atoms with Gasteiger partial charge >= 0.3 is 0 Å². The number of halogens is 2.